The fourth-order valence-corrected chi connectivity index (χ4v) is 2.73. The first-order valence-electron chi connectivity index (χ1n) is 7.11. The van der Waals surface area contributed by atoms with Gasteiger partial charge in [-0.05, 0) is 32.1 Å². The van der Waals surface area contributed by atoms with E-state index >= 15 is 0 Å². The van der Waals surface area contributed by atoms with Crippen molar-refractivity contribution >= 4 is 11.8 Å². The highest BCUT2D eigenvalue weighted by molar-refractivity contribution is 5.88. The Labute approximate surface area is 121 Å². The van der Waals surface area contributed by atoms with Crippen molar-refractivity contribution in [1.29, 1.82) is 0 Å². The van der Waals surface area contributed by atoms with Crippen LogP contribution in [0.5, 0.6) is 0 Å². The molecule has 4 nitrogen and oxygen atoms in total. The third-order valence-corrected chi connectivity index (χ3v) is 4.04. The number of carbonyl (C=O) groups is 2. The topological polar surface area (TPSA) is 49.4 Å². The van der Waals surface area contributed by atoms with Crippen LogP contribution in [0.15, 0.2) is 11.6 Å². The number of nitrogens with one attached hydrogen (secondary N) is 1. The summed E-state index contributed by atoms with van der Waals surface area (Å²) >= 11 is 0. The highest BCUT2D eigenvalue weighted by Gasteiger charge is 2.47. The van der Waals surface area contributed by atoms with E-state index in [0.717, 1.165) is 36.7 Å². The molecule has 2 aliphatic rings. The quantitative estimate of drug-likeness (QED) is 0.795. The zero-order valence-electron chi connectivity index (χ0n) is 11.9. The number of allylic oxidation sites excluding steroid dienone is 1. The number of amides is 2. The fourth-order valence-electron chi connectivity index (χ4n) is 2.73. The van der Waals surface area contributed by atoms with Crippen molar-refractivity contribution in [3.8, 4) is 0 Å². The molecule has 1 heterocycles. The van der Waals surface area contributed by atoms with Crippen molar-refractivity contribution in [1.82, 2.24) is 10.2 Å². The number of piperidine rings is 1. The number of likely N-dealkylation sites (tertiary alicyclic amines) is 1. The second-order valence-corrected chi connectivity index (χ2v) is 5.67. The molecule has 2 unspecified atom stereocenters. The summed E-state index contributed by atoms with van der Waals surface area (Å²) < 4.78 is 38.6. The van der Waals surface area contributed by atoms with E-state index in [1.54, 1.807) is 0 Å². The van der Waals surface area contributed by atoms with Gasteiger partial charge in [0.15, 0.2) is 0 Å². The number of alkyl halides is 3. The summed E-state index contributed by atoms with van der Waals surface area (Å²) in [6.07, 6.45) is 0.0506. The predicted molar refractivity (Wildman–Crippen MR) is 70.3 cm³/mol. The SMILES string of the molecule is CC(=O)N1CC(NC(=O)C=C2CCC2)CCC1C(F)(F)F. The van der Waals surface area contributed by atoms with Crippen molar-refractivity contribution in [2.45, 2.75) is 57.3 Å². The van der Waals surface area contributed by atoms with Crippen LogP contribution < -0.4 is 5.32 Å². The van der Waals surface area contributed by atoms with Gasteiger partial charge < -0.3 is 10.2 Å². The minimum absolute atomic E-state index is 0.0889. The molecular weight excluding hydrogens is 285 g/mol. The van der Waals surface area contributed by atoms with Gasteiger partial charge in [0, 0.05) is 25.6 Å². The molecular formula is C14H19F3N2O2. The predicted octanol–water partition coefficient (Wildman–Crippen LogP) is 2.15. The zero-order valence-corrected chi connectivity index (χ0v) is 11.9. The molecule has 0 aromatic carbocycles. The largest absolute Gasteiger partial charge is 0.408 e. The smallest absolute Gasteiger partial charge is 0.348 e. The van der Waals surface area contributed by atoms with Crippen LogP contribution >= 0.6 is 0 Å². The Hall–Kier alpha value is -1.53. The Morgan fingerprint density at radius 1 is 1.29 bits per heavy atom. The zero-order chi connectivity index (χ0) is 15.6. The summed E-state index contributed by atoms with van der Waals surface area (Å²) in [5.74, 6) is -0.891. The lowest BCUT2D eigenvalue weighted by Gasteiger charge is -2.40. The van der Waals surface area contributed by atoms with Crippen molar-refractivity contribution in [2.24, 2.45) is 0 Å². The van der Waals surface area contributed by atoms with Gasteiger partial charge in [0.2, 0.25) is 11.8 Å². The number of rotatable bonds is 2. The highest BCUT2D eigenvalue weighted by atomic mass is 19.4. The van der Waals surface area contributed by atoms with E-state index in [-0.39, 0.29) is 25.3 Å². The first kappa shape index (κ1) is 15.9. The third-order valence-electron chi connectivity index (χ3n) is 4.04. The van der Waals surface area contributed by atoms with E-state index in [4.69, 9.17) is 0 Å². The Balaban J connectivity index is 1.95. The van der Waals surface area contributed by atoms with E-state index in [0.29, 0.717) is 0 Å². The molecule has 1 N–H and O–H groups in total. The molecule has 7 heteroatoms. The lowest BCUT2D eigenvalue weighted by Crippen LogP contribution is -2.57. The molecule has 0 spiro atoms. The summed E-state index contributed by atoms with van der Waals surface area (Å²) in [6.45, 7) is 1.04. The number of nitrogens with zero attached hydrogens (tertiary/aromatic N) is 1. The molecule has 0 aromatic heterocycles. The van der Waals surface area contributed by atoms with Crippen molar-refractivity contribution in [2.75, 3.05) is 6.54 Å². The van der Waals surface area contributed by atoms with Crippen molar-refractivity contribution < 1.29 is 22.8 Å². The molecule has 0 aromatic rings. The minimum Gasteiger partial charge on any atom is -0.348 e. The molecule has 2 rings (SSSR count). The molecule has 1 saturated carbocycles. The average Bonchev–Trinajstić information content (AvgIpc) is 2.32. The van der Waals surface area contributed by atoms with Crippen LogP contribution in [-0.2, 0) is 9.59 Å². The van der Waals surface area contributed by atoms with Gasteiger partial charge in [-0.25, -0.2) is 0 Å². The molecule has 0 bridgehead atoms. The van der Waals surface area contributed by atoms with Gasteiger partial charge in [-0.1, -0.05) is 5.57 Å². The summed E-state index contributed by atoms with van der Waals surface area (Å²) in [6, 6.07) is -2.16. The van der Waals surface area contributed by atoms with Crippen LogP contribution in [-0.4, -0.2) is 41.5 Å². The van der Waals surface area contributed by atoms with Gasteiger partial charge in [0.05, 0.1) is 0 Å². The third kappa shape index (κ3) is 3.98. The van der Waals surface area contributed by atoms with E-state index in [1.807, 2.05) is 0 Å². The maximum absolute atomic E-state index is 12.9. The van der Waals surface area contributed by atoms with E-state index < -0.39 is 24.2 Å². The van der Waals surface area contributed by atoms with Crippen molar-refractivity contribution in [3.63, 3.8) is 0 Å². The summed E-state index contributed by atoms with van der Waals surface area (Å²) in [4.78, 5) is 24.0. The van der Waals surface area contributed by atoms with Gasteiger partial charge in [0.1, 0.15) is 6.04 Å². The molecule has 1 aliphatic carbocycles. The molecule has 2 atom stereocenters. The average molecular weight is 304 g/mol. The lowest BCUT2D eigenvalue weighted by molar-refractivity contribution is -0.196. The minimum atomic E-state index is -4.42. The molecule has 118 valence electrons. The van der Waals surface area contributed by atoms with Gasteiger partial charge in [-0.3, -0.25) is 9.59 Å². The van der Waals surface area contributed by atoms with Gasteiger partial charge >= 0.3 is 6.18 Å². The number of hydrogen-bond acceptors (Lipinski definition) is 2. The van der Waals surface area contributed by atoms with Crippen LogP contribution in [0.3, 0.4) is 0 Å². The van der Waals surface area contributed by atoms with E-state index in [9.17, 15) is 22.8 Å². The number of hydrogen-bond donors (Lipinski definition) is 1. The fraction of sp³-hybridized carbons (Fsp3) is 0.714. The van der Waals surface area contributed by atoms with Crippen LogP contribution in [0.25, 0.3) is 0 Å². The first-order chi connectivity index (χ1) is 9.77. The normalized spacial score (nSPS) is 26.1. The van der Waals surface area contributed by atoms with Gasteiger partial charge in [0.25, 0.3) is 0 Å². The Morgan fingerprint density at radius 3 is 2.43 bits per heavy atom. The molecule has 2 amide bonds. The molecule has 0 radical (unpaired) electrons. The maximum atomic E-state index is 12.9. The van der Waals surface area contributed by atoms with Gasteiger partial charge in [-0.15, -0.1) is 0 Å². The van der Waals surface area contributed by atoms with Crippen LogP contribution in [0.2, 0.25) is 0 Å². The summed E-state index contributed by atoms with van der Waals surface area (Å²) in [5, 5.41) is 2.70. The Bertz CT molecular complexity index is 454. The van der Waals surface area contributed by atoms with Crippen molar-refractivity contribution in [3.05, 3.63) is 11.6 Å². The molecule has 21 heavy (non-hydrogen) atoms. The highest BCUT2D eigenvalue weighted by Crippen LogP contribution is 2.32. The van der Waals surface area contributed by atoms with Crippen LogP contribution in [0.1, 0.15) is 39.0 Å². The van der Waals surface area contributed by atoms with E-state index in [2.05, 4.69) is 5.32 Å². The summed E-state index contributed by atoms with van der Waals surface area (Å²) in [7, 11) is 0. The summed E-state index contributed by atoms with van der Waals surface area (Å²) in [5.41, 5.74) is 1.07. The van der Waals surface area contributed by atoms with Crippen LogP contribution in [0.4, 0.5) is 13.2 Å². The second-order valence-electron chi connectivity index (χ2n) is 5.67. The maximum Gasteiger partial charge on any atom is 0.408 e. The van der Waals surface area contributed by atoms with Crippen LogP contribution in [0, 0.1) is 0 Å². The number of carbonyl (C=O) groups excluding carboxylic acids is 2. The van der Waals surface area contributed by atoms with Gasteiger partial charge in [-0.2, -0.15) is 13.2 Å². The Kier molecular flexibility index (Phi) is 4.58. The monoisotopic (exact) mass is 304 g/mol. The standard InChI is InChI=1S/C14H19F3N2O2/c1-9(20)19-8-11(5-6-12(19)14(15,16)17)18-13(21)7-10-3-2-4-10/h7,11-12H,2-6,8H2,1H3,(H,18,21). The Morgan fingerprint density at radius 2 is 1.95 bits per heavy atom. The molecule has 1 aliphatic heterocycles. The first-order valence-corrected chi connectivity index (χ1v) is 7.11. The van der Waals surface area contributed by atoms with E-state index in [1.165, 1.54) is 6.08 Å². The molecule has 2 fully saturated rings. The second kappa shape index (κ2) is 6.07. The lowest BCUT2D eigenvalue weighted by atomic mass is 9.92. The molecule has 1 saturated heterocycles. The number of halogens is 3.